The SMILES string of the molecule is CCC(CC)C(C)NC(=O)c1cc(OC)ccc1Br. The van der Waals surface area contributed by atoms with Crippen molar-refractivity contribution in [2.45, 2.75) is 39.7 Å². The molecule has 0 aromatic heterocycles. The summed E-state index contributed by atoms with van der Waals surface area (Å²) in [4.78, 5) is 12.3. The number of halogens is 1. The van der Waals surface area contributed by atoms with Gasteiger partial charge in [-0.2, -0.15) is 0 Å². The van der Waals surface area contributed by atoms with Crippen LogP contribution in [0.2, 0.25) is 0 Å². The van der Waals surface area contributed by atoms with E-state index in [2.05, 4.69) is 42.0 Å². The van der Waals surface area contributed by atoms with Crippen LogP contribution in [0, 0.1) is 5.92 Å². The van der Waals surface area contributed by atoms with Gasteiger partial charge in [-0.15, -0.1) is 0 Å². The second-order valence-corrected chi connectivity index (χ2v) is 5.54. The number of methoxy groups -OCH3 is 1. The number of rotatable bonds is 6. The van der Waals surface area contributed by atoms with Gasteiger partial charge in [-0.1, -0.05) is 26.7 Å². The minimum absolute atomic E-state index is 0.0647. The van der Waals surface area contributed by atoms with E-state index in [0.717, 1.165) is 17.3 Å². The summed E-state index contributed by atoms with van der Waals surface area (Å²) in [5, 5.41) is 3.07. The van der Waals surface area contributed by atoms with Gasteiger partial charge in [0, 0.05) is 10.5 Å². The van der Waals surface area contributed by atoms with E-state index >= 15 is 0 Å². The Morgan fingerprint density at radius 3 is 2.53 bits per heavy atom. The summed E-state index contributed by atoms with van der Waals surface area (Å²) in [5.74, 6) is 1.13. The number of hydrogen-bond donors (Lipinski definition) is 1. The number of ether oxygens (including phenoxy) is 1. The number of amides is 1. The zero-order chi connectivity index (χ0) is 14.4. The summed E-state index contributed by atoms with van der Waals surface area (Å²) in [6, 6.07) is 5.57. The molecular weight excluding hydrogens is 306 g/mol. The molecule has 0 saturated carbocycles. The summed E-state index contributed by atoms with van der Waals surface area (Å²) in [6.45, 7) is 6.36. The Hall–Kier alpha value is -1.03. The van der Waals surface area contributed by atoms with Crippen LogP contribution in [0.3, 0.4) is 0 Å². The smallest absolute Gasteiger partial charge is 0.252 e. The van der Waals surface area contributed by atoms with E-state index in [1.165, 1.54) is 0 Å². The van der Waals surface area contributed by atoms with Gasteiger partial charge in [0.05, 0.1) is 12.7 Å². The molecule has 3 nitrogen and oxygen atoms in total. The molecule has 0 bridgehead atoms. The van der Waals surface area contributed by atoms with E-state index in [9.17, 15) is 4.79 Å². The maximum absolute atomic E-state index is 12.3. The molecule has 0 heterocycles. The molecule has 0 aliphatic rings. The first-order chi connectivity index (χ1) is 9.03. The van der Waals surface area contributed by atoms with Crippen LogP contribution in [-0.2, 0) is 0 Å². The van der Waals surface area contributed by atoms with Crippen LogP contribution in [0.4, 0.5) is 0 Å². The van der Waals surface area contributed by atoms with E-state index in [-0.39, 0.29) is 11.9 Å². The quantitative estimate of drug-likeness (QED) is 0.857. The summed E-state index contributed by atoms with van der Waals surface area (Å²) >= 11 is 3.40. The van der Waals surface area contributed by atoms with Crippen LogP contribution in [0.1, 0.15) is 44.0 Å². The highest BCUT2D eigenvalue weighted by Crippen LogP contribution is 2.23. The Balaban J connectivity index is 2.83. The highest BCUT2D eigenvalue weighted by molar-refractivity contribution is 9.10. The van der Waals surface area contributed by atoms with Gasteiger partial charge in [0.25, 0.3) is 5.91 Å². The van der Waals surface area contributed by atoms with Crippen molar-refractivity contribution in [1.29, 1.82) is 0 Å². The fraction of sp³-hybridized carbons (Fsp3) is 0.533. The Labute approximate surface area is 123 Å². The third kappa shape index (κ3) is 4.23. The fourth-order valence-corrected chi connectivity index (χ4v) is 2.63. The lowest BCUT2D eigenvalue weighted by Crippen LogP contribution is -2.37. The van der Waals surface area contributed by atoms with Crippen LogP contribution in [0.25, 0.3) is 0 Å². The van der Waals surface area contributed by atoms with E-state index < -0.39 is 0 Å². The molecule has 0 spiro atoms. The van der Waals surface area contributed by atoms with Gasteiger partial charge in [0.2, 0.25) is 0 Å². The summed E-state index contributed by atoms with van der Waals surface area (Å²) in [5.41, 5.74) is 0.608. The molecule has 0 aliphatic heterocycles. The molecule has 1 aromatic rings. The van der Waals surface area contributed by atoms with Crippen LogP contribution in [0.15, 0.2) is 22.7 Å². The van der Waals surface area contributed by atoms with Gasteiger partial charge >= 0.3 is 0 Å². The molecule has 106 valence electrons. The lowest BCUT2D eigenvalue weighted by Gasteiger charge is -2.22. The van der Waals surface area contributed by atoms with Gasteiger partial charge in [-0.3, -0.25) is 4.79 Å². The summed E-state index contributed by atoms with van der Waals surface area (Å²) < 4.78 is 5.93. The standard InChI is InChI=1S/C15H22BrNO2/c1-5-11(6-2)10(3)17-15(18)13-9-12(19-4)7-8-14(13)16/h7-11H,5-6H2,1-4H3,(H,17,18). The Bertz CT molecular complexity index is 430. The predicted octanol–water partition coefficient (Wildman–Crippen LogP) is 4.01. The Morgan fingerprint density at radius 2 is 2.00 bits per heavy atom. The van der Waals surface area contributed by atoms with Gasteiger partial charge in [0.1, 0.15) is 5.75 Å². The molecule has 4 heteroatoms. The van der Waals surface area contributed by atoms with E-state index in [1.807, 2.05) is 12.1 Å². The average Bonchev–Trinajstić information content (AvgIpc) is 2.40. The molecule has 1 amide bonds. The van der Waals surface area contributed by atoms with Gasteiger partial charge in [-0.25, -0.2) is 0 Å². The zero-order valence-corrected chi connectivity index (χ0v) is 13.6. The maximum Gasteiger partial charge on any atom is 0.252 e. The van der Waals surface area contributed by atoms with E-state index in [1.54, 1.807) is 13.2 Å². The van der Waals surface area contributed by atoms with Crippen molar-refractivity contribution in [3.63, 3.8) is 0 Å². The second kappa shape index (κ2) is 7.53. The second-order valence-electron chi connectivity index (χ2n) is 4.68. The zero-order valence-electron chi connectivity index (χ0n) is 12.0. The molecule has 0 fully saturated rings. The third-order valence-electron chi connectivity index (χ3n) is 3.53. The first-order valence-electron chi connectivity index (χ1n) is 6.67. The monoisotopic (exact) mass is 327 g/mol. The lowest BCUT2D eigenvalue weighted by atomic mass is 9.95. The number of carbonyl (C=O) groups excluding carboxylic acids is 1. The first kappa shape index (κ1) is 16.0. The Kier molecular flexibility index (Phi) is 6.35. The minimum Gasteiger partial charge on any atom is -0.497 e. The van der Waals surface area contributed by atoms with Crippen molar-refractivity contribution in [3.05, 3.63) is 28.2 Å². The van der Waals surface area contributed by atoms with E-state index in [4.69, 9.17) is 4.74 Å². The molecule has 1 atom stereocenters. The van der Waals surface area contributed by atoms with Crippen molar-refractivity contribution >= 4 is 21.8 Å². The van der Waals surface area contributed by atoms with Gasteiger partial charge < -0.3 is 10.1 Å². The topological polar surface area (TPSA) is 38.3 Å². The third-order valence-corrected chi connectivity index (χ3v) is 4.22. The molecule has 1 N–H and O–H groups in total. The summed E-state index contributed by atoms with van der Waals surface area (Å²) in [6.07, 6.45) is 2.13. The molecule has 1 unspecified atom stereocenters. The molecule has 1 rings (SSSR count). The average molecular weight is 328 g/mol. The van der Waals surface area contributed by atoms with Crippen LogP contribution in [0.5, 0.6) is 5.75 Å². The number of hydrogen-bond acceptors (Lipinski definition) is 2. The minimum atomic E-state index is -0.0647. The van der Waals surface area contributed by atoms with Crippen LogP contribution in [-0.4, -0.2) is 19.1 Å². The molecular formula is C15H22BrNO2. The van der Waals surface area contributed by atoms with Gasteiger partial charge in [0.15, 0.2) is 0 Å². The number of carbonyl (C=O) groups is 1. The normalized spacial score (nSPS) is 12.3. The van der Waals surface area contributed by atoms with Crippen LogP contribution < -0.4 is 10.1 Å². The highest BCUT2D eigenvalue weighted by Gasteiger charge is 2.18. The van der Waals surface area contributed by atoms with E-state index in [0.29, 0.717) is 17.2 Å². The molecule has 0 saturated heterocycles. The fourth-order valence-electron chi connectivity index (χ4n) is 2.20. The molecule has 1 aromatic carbocycles. The van der Waals surface area contributed by atoms with Crippen molar-refractivity contribution in [2.75, 3.05) is 7.11 Å². The molecule has 19 heavy (non-hydrogen) atoms. The van der Waals surface area contributed by atoms with Gasteiger partial charge in [-0.05, 0) is 47.0 Å². The van der Waals surface area contributed by atoms with Crippen molar-refractivity contribution in [2.24, 2.45) is 5.92 Å². The first-order valence-corrected chi connectivity index (χ1v) is 7.47. The maximum atomic E-state index is 12.3. The summed E-state index contributed by atoms with van der Waals surface area (Å²) in [7, 11) is 1.59. The lowest BCUT2D eigenvalue weighted by molar-refractivity contribution is 0.0924. The molecule has 0 radical (unpaired) electrons. The molecule has 0 aliphatic carbocycles. The highest BCUT2D eigenvalue weighted by atomic mass is 79.9. The Morgan fingerprint density at radius 1 is 1.37 bits per heavy atom. The van der Waals surface area contributed by atoms with Crippen molar-refractivity contribution in [1.82, 2.24) is 5.32 Å². The van der Waals surface area contributed by atoms with Crippen molar-refractivity contribution < 1.29 is 9.53 Å². The number of nitrogens with one attached hydrogen (secondary N) is 1. The predicted molar refractivity (Wildman–Crippen MR) is 81.7 cm³/mol. The van der Waals surface area contributed by atoms with Crippen molar-refractivity contribution in [3.8, 4) is 5.75 Å². The number of benzene rings is 1. The largest absolute Gasteiger partial charge is 0.497 e. The van der Waals surface area contributed by atoms with Crippen LogP contribution >= 0.6 is 15.9 Å².